The van der Waals surface area contributed by atoms with Crippen molar-refractivity contribution in [3.05, 3.63) is 46.3 Å². The lowest BCUT2D eigenvalue weighted by Crippen LogP contribution is -2.14. The molecule has 0 fully saturated rings. The fraction of sp³-hybridized carbons (Fsp3) is 0.133. The number of hydrogen-bond acceptors (Lipinski definition) is 6. The fourth-order valence-corrected chi connectivity index (χ4v) is 3.53. The third kappa shape index (κ3) is 2.86. The summed E-state index contributed by atoms with van der Waals surface area (Å²) in [5.74, 6) is -0.766. The summed E-state index contributed by atoms with van der Waals surface area (Å²) in [5.41, 5.74) is 1.15. The van der Waals surface area contributed by atoms with Gasteiger partial charge in [0.25, 0.3) is 5.91 Å². The summed E-state index contributed by atoms with van der Waals surface area (Å²) in [6.07, 6.45) is 0. The highest BCUT2D eigenvalue weighted by Crippen LogP contribution is 2.27. The molecule has 112 valence electrons. The molecule has 2 heterocycles. The maximum absolute atomic E-state index is 12.3. The molecule has 3 aromatic rings. The molecule has 0 aliphatic carbocycles. The van der Waals surface area contributed by atoms with E-state index >= 15 is 0 Å². The lowest BCUT2D eigenvalue weighted by Gasteiger charge is -2.04. The maximum Gasteiger partial charge on any atom is 0.341 e. The summed E-state index contributed by atoms with van der Waals surface area (Å²) < 4.78 is 5.91. The van der Waals surface area contributed by atoms with Gasteiger partial charge in [-0.2, -0.15) is 0 Å². The van der Waals surface area contributed by atoms with Gasteiger partial charge in [-0.15, -0.1) is 22.7 Å². The van der Waals surface area contributed by atoms with Crippen LogP contribution in [0.3, 0.4) is 0 Å². The molecule has 7 heteroatoms. The number of ether oxygens (including phenoxy) is 1. The van der Waals surface area contributed by atoms with Gasteiger partial charge in [0.05, 0.1) is 22.4 Å². The van der Waals surface area contributed by atoms with Crippen LogP contribution in [0.15, 0.2) is 35.7 Å². The van der Waals surface area contributed by atoms with Crippen molar-refractivity contribution in [3.8, 4) is 0 Å². The van der Waals surface area contributed by atoms with Crippen LogP contribution in [0.4, 0.5) is 5.00 Å². The molecule has 1 N–H and O–H groups in total. The van der Waals surface area contributed by atoms with Gasteiger partial charge in [-0.05, 0) is 30.5 Å². The quantitative estimate of drug-likeness (QED) is 0.738. The monoisotopic (exact) mass is 332 g/mol. The zero-order chi connectivity index (χ0) is 15.5. The summed E-state index contributed by atoms with van der Waals surface area (Å²) >= 11 is 2.59. The zero-order valence-electron chi connectivity index (χ0n) is 11.7. The Bertz CT molecular complexity index is 805. The van der Waals surface area contributed by atoms with Crippen LogP contribution in [0.1, 0.15) is 27.1 Å². The zero-order valence-corrected chi connectivity index (χ0v) is 13.3. The van der Waals surface area contributed by atoms with Gasteiger partial charge in [0, 0.05) is 0 Å². The molecule has 0 spiro atoms. The fourth-order valence-electron chi connectivity index (χ4n) is 1.90. The highest BCUT2D eigenvalue weighted by molar-refractivity contribution is 7.20. The van der Waals surface area contributed by atoms with Gasteiger partial charge in [0.15, 0.2) is 5.01 Å². The van der Waals surface area contributed by atoms with Crippen LogP contribution in [0, 0.1) is 0 Å². The average molecular weight is 332 g/mol. The Morgan fingerprint density at radius 1 is 1.27 bits per heavy atom. The molecule has 2 aromatic heterocycles. The molecule has 5 nitrogen and oxygen atoms in total. The lowest BCUT2D eigenvalue weighted by atomic mass is 10.3. The van der Waals surface area contributed by atoms with Crippen LogP contribution in [-0.2, 0) is 4.74 Å². The summed E-state index contributed by atoms with van der Waals surface area (Å²) in [4.78, 5) is 28.4. The third-order valence-corrected chi connectivity index (χ3v) is 4.74. The van der Waals surface area contributed by atoms with Crippen LogP contribution < -0.4 is 5.32 Å². The van der Waals surface area contributed by atoms with Gasteiger partial charge in [-0.3, -0.25) is 4.79 Å². The van der Waals surface area contributed by atoms with Crippen molar-refractivity contribution in [2.24, 2.45) is 0 Å². The molecule has 0 bridgehead atoms. The van der Waals surface area contributed by atoms with Crippen molar-refractivity contribution >= 4 is 49.8 Å². The Hall–Kier alpha value is -2.25. The molecule has 3 rings (SSSR count). The van der Waals surface area contributed by atoms with E-state index in [4.69, 9.17) is 4.74 Å². The van der Waals surface area contributed by atoms with E-state index in [9.17, 15) is 9.59 Å². The molecule has 0 aliphatic heterocycles. The smallest absolute Gasteiger partial charge is 0.341 e. The van der Waals surface area contributed by atoms with Crippen molar-refractivity contribution < 1.29 is 14.3 Å². The predicted molar refractivity (Wildman–Crippen MR) is 87.8 cm³/mol. The SMILES string of the molecule is CCOC(=O)c1ccsc1NC(=O)c1nc2ccccc2s1. The molecule has 0 saturated carbocycles. The van der Waals surface area contributed by atoms with E-state index in [1.54, 1.807) is 18.4 Å². The number of para-hydroxylation sites is 1. The number of esters is 1. The number of benzene rings is 1. The first-order valence-corrected chi connectivity index (χ1v) is 8.30. The van der Waals surface area contributed by atoms with Gasteiger partial charge in [0.2, 0.25) is 0 Å². The molecule has 0 aliphatic rings. The molecule has 0 radical (unpaired) electrons. The molecule has 1 amide bonds. The second-order valence-electron chi connectivity index (χ2n) is 4.32. The molecule has 22 heavy (non-hydrogen) atoms. The number of fused-ring (bicyclic) bond motifs is 1. The Kier molecular flexibility index (Phi) is 4.17. The second-order valence-corrected chi connectivity index (χ2v) is 6.27. The maximum atomic E-state index is 12.3. The van der Waals surface area contributed by atoms with E-state index in [1.807, 2.05) is 24.3 Å². The first-order valence-electron chi connectivity index (χ1n) is 6.60. The number of thiazole rings is 1. The number of carbonyl (C=O) groups excluding carboxylic acids is 2. The van der Waals surface area contributed by atoms with Gasteiger partial charge < -0.3 is 10.1 Å². The second kappa shape index (κ2) is 6.25. The lowest BCUT2D eigenvalue weighted by molar-refractivity contribution is 0.0528. The first kappa shape index (κ1) is 14.7. The third-order valence-electron chi connectivity index (χ3n) is 2.88. The van der Waals surface area contributed by atoms with E-state index in [0.29, 0.717) is 22.2 Å². The van der Waals surface area contributed by atoms with Crippen molar-refractivity contribution in [2.45, 2.75) is 6.92 Å². The van der Waals surface area contributed by atoms with Gasteiger partial charge in [0.1, 0.15) is 5.00 Å². The van der Waals surface area contributed by atoms with Gasteiger partial charge in [-0.25, -0.2) is 9.78 Å². The highest BCUT2D eigenvalue weighted by atomic mass is 32.1. The minimum atomic E-state index is -0.441. The van der Waals surface area contributed by atoms with Crippen LogP contribution in [-0.4, -0.2) is 23.5 Å². The number of rotatable bonds is 4. The summed E-state index contributed by atoms with van der Waals surface area (Å²) in [6.45, 7) is 2.03. The number of anilines is 1. The molecule has 0 unspecified atom stereocenters. The van der Waals surface area contributed by atoms with E-state index in [1.165, 1.54) is 22.7 Å². The van der Waals surface area contributed by atoms with Crippen LogP contribution in [0.25, 0.3) is 10.2 Å². The first-order chi connectivity index (χ1) is 10.7. The number of thiophene rings is 1. The van der Waals surface area contributed by atoms with Crippen LogP contribution >= 0.6 is 22.7 Å². The Labute approximate surface area is 134 Å². The normalized spacial score (nSPS) is 10.6. The highest BCUT2D eigenvalue weighted by Gasteiger charge is 2.18. The number of nitrogens with zero attached hydrogens (tertiary/aromatic N) is 1. The summed E-state index contributed by atoms with van der Waals surface area (Å²) in [5, 5.41) is 5.31. The van der Waals surface area contributed by atoms with E-state index in [0.717, 1.165) is 10.2 Å². The van der Waals surface area contributed by atoms with E-state index in [2.05, 4.69) is 10.3 Å². The predicted octanol–water partition coefficient (Wildman–Crippen LogP) is 3.79. The minimum Gasteiger partial charge on any atom is -0.462 e. The number of carbonyl (C=O) groups is 2. The van der Waals surface area contributed by atoms with Crippen molar-refractivity contribution in [1.82, 2.24) is 4.98 Å². The largest absolute Gasteiger partial charge is 0.462 e. The van der Waals surface area contributed by atoms with Gasteiger partial charge in [-0.1, -0.05) is 12.1 Å². The topological polar surface area (TPSA) is 68.3 Å². The average Bonchev–Trinajstić information content (AvgIpc) is 3.13. The van der Waals surface area contributed by atoms with Crippen molar-refractivity contribution in [2.75, 3.05) is 11.9 Å². The number of hydrogen-bond donors (Lipinski definition) is 1. The molecule has 1 aromatic carbocycles. The van der Waals surface area contributed by atoms with Crippen LogP contribution in [0.5, 0.6) is 0 Å². The van der Waals surface area contributed by atoms with Crippen molar-refractivity contribution in [3.63, 3.8) is 0 Å². The van der Waals surface area contributed by atoms with Gasteiger partial charge >= 0.3 is 5.97 Å². The van der Waals surface area contributed by atoms with E-state index < -0.39 is 5.97 Å². The standard InChI is InChI=1S/C15H12N2O3S2/c1-2-20-15(19)9-7-8-21-13(9)17-12(18)14-16-10-5-3-4-6-11(10)22-14/h3-8H,2H2,1H3,(H,17,18). The van der Waals surface area contributed by atoms with Crippen molar-refractivity contribution in [1.29, 1.82) is 0 Å². The summed E-state index contributed by atoms with van der Waals surface area (Å²) in [7, 11) is 0. The number of aromatic nitrogens is 1. The molecule has 0 saturated heterocycles. The number of nitrogens with one attached hydrogen (secondary N) is 1. The van der Waals surface area contributed by atoms with Crippen LogP contribution in [0.2, 0.25) is 0 Å². The minimum absolute atomic E-state index is 0.292. The number of amides is 1. The Balaban J connectivity index is 1.82. The summed E-state index contributed by atoms with van der Waals surface area (Å²) in [6, 6.07) is 9.19. The Morgan fingerprint density at radius 3 is 2.86 bits per heavy atom. The van der Waals surface area contributed by atoms with E-state index in [-0.39, 0.29) is 5.91 Å². The molecular formula is C15H12N2O3S2. The molecular weight excluding hydrogens is 320 g/mol. The molecule has 0 atom stereocenters. The Morgan fingerprint density at radius 2 is 2.09 bits per heavy atom.